The Hall–Kier alpha value is -1.57. The fraction of sp³-hybridized carbons (Fsp3) is 0.412. The van der Waals surface area contributed by atoms with Crippen molar-refractivity contribution in [3.63, 3.8) is 0 Å². The minimum Gasteiger partial charge on any atom is -0.497 e. The van der Waals surface area contributed by atoms with Crippen LogP contribution in [0.15, 0.2) is 39.4 Å². The summed E-state index contributed by atoms with van der Waals surface area (Å²) in [6.07, 6.45) is 0.910. The Morgan fingerprint density at radius 3 is 2.79 bits per heavy atom. The zero-order valence-corrected chi connectivity index (χ0v) is 15.8. The van der Waals surface area contributed by atoms with Crippen molar-refractivity contribution >= 4 is 26.2 Å². The largest absolute Gasteiger partial charge is 0.497 e. The van der Waals surface area contributed by atoms with E-state index in [9.17, 15) is 8.42 Å². The lowest BCUT2D eigenvalue weighted by molar-refractivity contribution is 0.413. The highest BCUT2D eigenvalue weighted by atomic mass is 32.2. The maximum absolute atomic E-state index is 12.9. The number of benzene rings is 1. The SMILES string of the molecule is COc1cccc(S(=O)(=O)c2cc3c(s2)N(CCN(C)C)CC3)c1. The first kappa shape index (κ1) is 17.3. The van der Waals surface area contributed by atoms with Crippen LogP contribution in [0.2, 0.25) is 0 Å². The van der Waals surface area contributed by atoms with Crippen molar-refractivity contribution in [3.8, 4) is 5.75 Å². The van der Waals surface area contributed by atoms with E-state index in [1.165, 1.54) is 18.4 Å². The highest BCUT2D eigenvalue weighted by molar-refractivity contribution is 7.93. The molecule has 1 aliphatic heterocycles. The number of hydrogen-bond acceptors (Lipinski definition) is 6. The van der Waals surface area contributed by atoms with Crippen LogP contribution in [0, 0.1) is 0 Å². The van der Waals surface area contributed by atoms with Gasteiger partial charge in [0.2, 0.25) is 9.84 Å². The number of rotatable bonds is 6. The summed E-state index contributed by atoms with van der Waals surface area (Å²) in [5, 5.41) is 1.10. The molecule has 0 bridgehead atoms. The summed E-state index contributed by atoms with van der Waals surface area (Å²) in [4.78, 5) is 4.70. The minimum absolute atomic E-state index is 0.279. The highest BCUT2D eigenvalue weighted by Crippen LogP contribution is 2.40. The normalized spacial score (nSPS) is 14.2. The predicted octanol–water partition coefficient (Wildman–Crippen LogP) is 2.51. The van der Waals surface area contributed by atoms with Crippen LogP contribution in [-0.2, 0) is 16.3 Å². The minimum atomic E-state index is -3.50. The molecule has 1 aromatic heterocycles. The standard InChI is InChI=1S/C17H22N2O3S2/c1-18(2)9-10-19-8-7-13-11-16(23-17(13)19)24(20,21)15-6-4-5-14(12-15)22-3/h4-6,11-12H,7-10H2,1-3H3. The first-order valence-corrected chi connectivity index (χ1v) is 10.1. The van der Waals surface area contributed by atoms with E-state index < -0.39 is 9.84 Å². The Labute approximate surface area is 147 Å². The molecule has 0 fully saturated rings. The third-order valence-electron chi connectivity index (χ3n) is 4.14. The maximum atomic E-state index is 12.9. The summed E-state index contributed by atoms with van der Waals surface area (Å²) in [5.41, 5.74) is 1.14. The molecular weight excluding hydrogens is 344 g/mol. The zero-order valence-electron chi connectivity index (χ0n) is 14.2. The lowest BCUT2D eigenvalue weighted by Gasteiger charge is -2.20. The molecule has 0 unspecified atom stereocenters. The zero-order chi connectivity index (χ0) is 17.3. The van der Waals surface area contributed by atoms with E-state index in [4.69, 9.17) is 4.74 Å². The maximum Gasteiger partial charge on any atom is 0.216 e. The number of ether oxygens (including phenoxy) is 1. The van der Waals surface area contributed by atoms with Gasteiger partial charge in [-0.15, -0.1) is 11.3 Å². The van der Waals surface area contributed by atoms with E-state index in [0.717, 1.165) is 36.6 Å². The van der Waals surface area contributed by atoms with Gasteiger partial charge < -0.3 is 14.5 Å². The van der Waals surface area contributed by atoms with Crippen molar-refractivity contribution in [2.75, 3.05) is 45.7 Å². The second kappa shape index (κ2) is 6.74. The quantitative estimate of drug-likeness (QED) is 0.786. The summed E-state index contributed by atoms with van der Waals surface area (Å²) in [7, 11) is 2.12. The predicted molar refractivity (Wildman–Crippen MR) is 97.2 cm³/mol. The Balaban J connectivity index is 1.89. The van der Waals surface area contributed by atoms with Crippen LogP contribution in [0.3, 0.4) is 0 Å². The van der Waals surface area contributed by atoms with Crippen LogP contribution in [0.25, 0.3) is 0 Å². The molecule has 1 aromatic carbocycles. The number of hydrogen-bond donors (Lipinski definition) is 0. The van der Waals surface area contributed by atoms with Gasteiger partial charge >= 0.3 is 0 Å². The van der Waals surface area contributed by atoms with Crippen LogP contribution >= 0.6 is 11.3 Å². The van der Waals surface area contributed by atoms with Crippen molar-refractivity contribution in [2.24, 2.45) is 0 Å². The third kappa shape index (κ3) is 3.29. The van der Waals surface area contributed by atoms with E-state index in [-0.39, 0.29) is 4.90 Å². The second-order valence-electron chi connectivity index (χ2n) is 6.12. The molecule has 7 heteroatoms. The fourth-order valence-corrected chi connectivity index (χ4v) is 5.77. The molecule has 0 saturated carbocycles. The van der Waals surface area contributed by atoms with E-state index in [0.29, 0.717) is 9.96 Å². The summed E-state index contributed by atoms with van der Waals surface area (Å²) in [6.45, 7) is 2.84. The molecule has 5 nitrogen and oxygen atoms in total. The Morgan fingerprint density at radius 2 is 2.08 bits per heavy atom. The van der Waals surface area contributed by atoms with E-state index in [1.807, 2.05) is 20.2 Å². The van der Waals surface area contributed by atoms with Gasteiger partial charge in [0.25, 0.3) is 0 Å². The molecule has 1 aliphatic rings. The van der Waals surface area contributed by atoms with Gasteiger partial charge in [0.15, 0.2) is 0 Å². The van der Waals surface area contributed by atoms with E-state index >= 15 is 0 Å². The molecule has 130 valence electrons. The number of fused-ring (bicyclic) bond motifs is 1. The van der Waals surface area contributed by atoms with Crippen LogP contribution in [0.1, 0.15) is 5.56 Å². The van der Waals surface area contributed by atoms with Crippen molar-refractivity contribution in [3.05, 3.63) is 35.9 Å². The van der Waals surface area contributed by atoms with Crippen LogP contribution < -0.4 is 9.64 Å². The van der Waals surface area contributed by atoms with Gasteiger partial charge in [-0.25, -0.2) is 8.42 Å². The van der Waals surface area contributed by atoms with Gasteiger partial charge in [0.05, 0.1) is 17.0 Å². The third-order valence-corrected chi connectivity index (χ3v) is 7.60. The first-order valence-electron chi connectivity index (χ1n) is 7.83. The number of methoxy groups -OCH3 is 1. The van der Waals surface area contributed by atoms with Crippen LogP contribution in [0.5, 0.6) is 5.75 Å². The lowest BCUT2D eigenvalue weighted by atomic mass is 10.3. The molecule has 0 amide bonds. The molecule has 0 saturated heterocycles. The number of anilines is 1. The van der Waals surface area contributed by atoms with Gasteiger partial charge in [-0.2, -0.15) is 0 Å². The fourth-order valence-electron chi connectivity index (χ4n) is 2.75. The average Bonchev–Trinajstić information content (AvgIpc) is 3.14. The first-order chi connectivity index (χ1) is 11.4. The van der Waals surface area contributed by atoms with E-state index in [1.54, 1.807) is 24.3 Å². The molecule has 2 aromatic rings. The van der Waals surface area contributed by atoms with Crippen LogP contribution in [0.4, 0.5) is 5.00 Å². The lowest BCUT2D eigenvalue weighted by Crippen LogP contribution is -2.29. The summed E-state index contributed by atoms with van der Waals surface area (Å²) < 4.78 is 31.4. The molecule has 2 heterocycles. The molecule has 0 radical (unpaired) electrons. The Kier molecular flexibility index (Phi) is 4.85. The Morgan fingerprint density at radius 1 is 1.29 bits per heavy atom. The number of thiophene rings is 1. The molecule has 24 heavy (non-hydrogen) atoms. The molecule has 0 atom stereocenters. The number of likely N-dealkylation sites (N-methyl/N-ethyl adjacent to an activating group) is 1. The van der Waals surface area contributed by atoms with E-state index in [2.05, 4.69) is 9.80 Å². The average molecular weight is 367 g/mol. The smallest absolute Gasteiger partial charge is 0.216 e. The topological polar surface area (TPSA) is 49.9 Å². The number of sulfone groups is 1. The molecular formula is C17H22N2O3S2. The van der Waals surface area contributed by atoms with Crippen molar-refractivity contribution < 1.29 is 13.2 Å². The Bertz CT molecular complexity index is 828. The second-order valence-corrected chi connectivity index (χ2v) is 9.33. The van der Waals surface area contributed by atoms with Gasteiger partial charge in [0, 0.05) is 19.6 Å². The van der Waals surface area contributed by atoms with Gasteiger partial charge in [-0.05, 0) is 50.3 Å². The van der Waals surface area contributed by atoms with Crippen molar-refractivity contribution in [1.82, 2.24) is 4.90 Å². The van der Waals surface area contributed by atoms with Crippen molar-refractivity contribution in [1.29, 1.82) is 0 Å². The van der Waals surface area contributed by atoms with Gasteiger partial charge in [-0.3, -0.25) is 0 Å². The monoisotopic (exact) mass is 366 g/mol. The van der Waals surface area contributed by atoms with Gasteiger partial charge in [0.1, 0.15) is 9.96 Å². The molecule has 0 aliphatic carbocycles. The van der Waals surface area contributed by atoms with Crippen LogP contribution in [-0.4, -0.2) is 54.2 Å². The number of nitrogens with zero attached hydrogens (tertiary/aromatic N) is 2. The molecule has 0 spiro atoms. The van der Waals surface area contributed by atoms with Gasteiger partial charge in [-0.1, -0.05) is 6.07 Å². The summed E-state index contributed by atoms with van der Waals surface area (Å²) in [6, 6.07) is 8.48. The summed E-state index contributed by atoms with van der Waals surface area (Å²) >= 11 is 1.38. The molecule has 0 N–H and O–H groups in total. The molecule has 3 rings (SSSR count). The van der Waals surface area contributed by atoms with Crippen molar-refractivity contribution in [2.45, 2.75) is 15.5 Å². The highest BCUT2D eigenvalue weighted by Gasteiger charge is 2.28. The summed E-state index contributed by atoms with van der Waals surface area (Å²) in [5.74, 6) is 0.549.